The molecule has 0 bridgehead atoms. The summed E-state index contributed by atoms with van der Waals surface area (Å²) in [4.78, 5) is 8.90. The zero-order chi connectivity index (χ0) is 15.8. The Morgan fingerprint density at radius 3 is 2.15 bits per heavy atom. The first-order valence-electron chi connectivity index (χ1n) is 5.20. The summed E-state index contributed by atoms with van der Waals surface area (Å²) in [5, 5.41) is 11.1. The predicted octanol–water partition coefficient (Wildman–Crippen LogP) is 2.35. The molecule has 1 rings (SSSR count). The number of rotatable bonds is 3. The Labute approximate surface area is 123 Å². The first-order valence-corrected chi connectivity index (χ1v) is 5.99. The molecule has 0 aliphatic carbocycles. The van der Waals surface area contributed by atoms with Gasteiger partial charge in [-0.25, -0.2) is 4.79 Å². The summed E-state index contributed by atoms with van der Waals surface area (Å²) < 4.78 is 31.7. The maximum absolute atomic E-state index is 10.6. The molecule has 0 aliphatic heterocycles. The van der Waals surface area contributed by atoms with Gasteiger partial charge in [0, 0.05) is 11.6 Å². The molecule has 112 valence electrons. The SMILES string of the molecule is NC(=S)NCCc1ccc(Cl)cc1.O=C(O)C(F)(F)F. The highest BCUT2D eigenvalue weighted by Crippen LogP contribution is 2.13. The molecule has 0 saturated carbocycles. The zero-order valence-corrected chi connectivity index (χ0v) is 11.6. The lowest BCUT2D eigenvalue weighted by Gasteiger charge is -2.03. The fourth-order valence-corrected chi connectivity index (χ4v) is 1.21. The highest BCUT2D eigenvalue weighted by Gasteiger charge is 2.38. The zero-order valence-electron chi connectivity index (χ0n) is 10.1. The minimum atomic E-state index is -5.08. The first-order chi connectivity index (χ1) is 9.12. The molecule has 0 heterocycles. The molecule has 4 nitrogen and oxygen atoms in total. The molecule has 0 fully saturated rings. The molecule has 0 amide bonds. The topological polar surface area (TPSA) is 75.3 Å². The van der Waals surface area contributed by atoms with E-state index >= 15 is 0 Å². The molecular weight excluding hydrogens is 317 g/mol. The number of aliphatic carboxylic acids is 1. The van der Waals surface area contributed by atoms with E-state index in [0.717, 1.165) is 18.0 Å². The van der Waals surface area contributed by atoms with Crippen LogP contribution < -0.4 is 11.1 Å². The van der Waals surface area contributed by atoms with Crippen molar-refractivity contribution in [2.24, 2.45) is 5.73 Å². The van der Waals surface area contributed by atoms with Crippen molar-refractivity contribution in [2.45, 2.75) is 12.6 Å². The summed E-state index contributed by atoms with van der Waals surface area (Å²) in [5.41, 5.74) is 6.50. The Bertz CT molecular complexity index is 452. The molecule has 9 heteroatoms. The molecule has 20 heavy (non-hydrogen) atoms. The van der Waals surface area contributed by atoms with E-state index in [1.54, 1.807) is 0 Å². The van der Waals surface area contributed by atoms with Gasteiger partial charge in [-0.1, -0.05) is 23.7 Å². The quantitative estimate of drug-likeness (QED) is 0.743. The van der Waals surface area contributed by atoms with Crippen LogP contribution in [0.1, 0.15) is 5.56 Å². The van der Waals surface area contributed by atoms with Gasteiger partial charge in [-0.15, -0.1) is 0 Å². The standard InChI is InChI=1S/C9H11ClN2S.C2HF3O2/c10-8-3-1-7(2-4-8)5-6-12-9(11)13;3-2(4,5)1(6)7/h1-4H,5-6H2,(H3,11,12,13);(H,6,7). The monoisotopic (exact) mass is 328 g/mol. The molecule has 1 aromatic carbocycles. The smallest absolute Gasteiger partial charge is 0.475 e. The summed E-state index contributed by atoms with van der Waals surface area (Å²) in [6.45, 7) is 0.761. The fourth-order valence-electron chi connectivity index (χ4n) is 0.981. The number of carbonyl (C=O) groups is 1. The number of nitrogens with one attached hydrogen (secondary N) is 1. The second-order valence-electron chi connectivity index (χ2n) is 3.47. The third-order valence-corrected chi connectivity index (χ3v) is 2.26. The van der Waals surface area contributed by atoms with Gasteiger partial charge in [0.2, 0.25) is 0 Å². The number of benzene rings is 1. The Balaban J connectivity index is 0.000000441. The van der Waals surface area contributed by atoms with Gasteiger partial charge in [-0.2, -0.15) is 13.2 Å². The highest BCUT2D eigenvalue weighted by molar-refractivity contribution is 7.80. The largest absolute Gasteiger partial charge is 0.490 e. The van der Waals surface area contributed by atoms with Crippen LogP contribution in [0.2, 0.25) is 5.02 Å². The van der Waals surface area contributed by atoms with Gasteiger partial charge in [0.05, 0.1) is 0 Å². The van der Waals surface area contributed by atoms with Gasteiger partial charge in [0.15, 0.2) is 5.11 Å². The van der Waals surface area contributed by atoms with Crippen LogP contribution in [0, 0.1) is 0 Å². The van der Waals surface area contributed by atoms with Gasteiger partial charge in [-0.3, -0.25) is 0 Å². The average Bonchev–Trinajstić information content (AvgIpc) is 2.31. The predicted molar refractivity (Wildman–Crippen MR) is 73.6 cm³/mol. The van der Waals surface area contributed by atoms with E-state index in [2.05, 4.69) is 17.5 Å². The minimum Gasteiger partial charge on any atom is -0.475 e. The summed E-state index contributed by atoms with van der Waals surface area (Å²) >= 11 is 10.4. The Kier molecular flexibility index (Phi) is 7.93. The van der Waals surface area contributed by atoms with Gasteiger partial charge in [0.25, 0.3) is 0 Å². The molecule has 4 N–H and O–H groups in total. The van der Waals surface area contributed by atoms with Crippen molar-refractivity contribution in [3.8, 4) is 0 Å². The van der Waals surface area contributed by atoms with Crippen molar-refractivity contribution in [1.82, 2.24) is 5.32 Å². The van der Waals surface area contributed by atoms with Gasteiger partial charge < -0.3 is 16.2 Å². The third kappa shape index (κ3) is 9.40. The lowest BCUT2D eigenvalue weighted by molar-refractivity contribution is -0.192. The number of hydrogen-bond acceptors (Lipinski definition) is 2. The number of thiocarbonyl (C=S) groups is 1. The Hall–Kier alpha value is -1.54. The van der Waals surface area contributed by atoms with Crippen LogP contribution in [0.15, 0.2) is 24.3 Å². The third-order valence-electron chi connectivity index (χ3n) is 1.87. The van der Waals surface area contributed by atoms with E-state index in [1.807, 2.05) is 24.3 Å². The lowest BCUT2D eigenvalue weighted by Crippen LogP contribution is -2.30. The van der Waals surface area contributed by atoms with E-state index in [1.165, 1.54) is 5.56 Å². The number of halogens is 4. The van der Waals surface area contributed by atoms with Crippen LogP contribution in [-0.2, 0) is 11.2 Å². The molecule has 0 spiro atoms. The second kappa shape index (κ2) is 8.60. The second-order valence-corrected chi connectivity index (χ2v) is 4.35. The van der Waals surface area contributed by atoms with E-state index < -0.39 is 12.1 Å². The van der Waals surface area contributed by atoms with E-state index in [4.69, 9.17) is 27.2 Å². The van der Waals surface area contributed by atoms with Crippen LogP contribution >= 0.6 is 23.8 Å². The molecule has 0 saturated heterocycles. The number of nitrogens with two attached hydrogens (primary N) is 1. The van der Waals surface area contributed by atoms with E-state index in [-0.39, 0.29) is 0 Å². The first kappa shape index (κ1) is 18.5. The van der Waals surface area contributed by atoms with Crippen LogP contribution in [0.4, 0.5) is 13.2 Å². The molecule has 0 aliphatic rings. The van der Waals surface area contributed by atoms with Crippen molar-refractivity contribution in [3.05, 3.63) is 34.9 Å². The summed E-state index contributed by atoms with van der Waals surface area (Å²) in [5.74, 6) is -2.76. The molecule has 1 aromatic rings. The Morgan fingerprint density at radius 1 is 1.35 bits per heavy atom. The van der Waals surface area contributed by atoms with Gasteiger partial charge in [-0.05, 0) is 36.3 Å². The van der Waals surface area contributed by atoms with Crippen LogP contribution in [0.25, 0.3) is 0 Å². The van der Waals surface area contributed by atoms with Gasteiger partial charge >= 0.3 is 12.1 Å². The highest BCUT2D eigenvalue weighted by atomic mass is 35.5. The van der Waals surface area contributed by atoms with Crippen molar-refractivity contribution in [2.75, 3.05) is 6.54 Å². The molecular formula is C11H12ClF3N2O2S. The average molecular weight is 329 g/mol. The van der Waals surface area contributed by atoms with Crippen LogP contribution in [0.5, 0.6) is 0 Å². The fraction of sp³-hybridized carbons (Fsp3) is 0.273. The summed E-state index contributed by atoms with van der Waals surface area (Å²) in [6.07, 6.45) is -4.19. The number of alkyl halides is 3. The summed E-state index contributed by atoms with van der Waals surface area (Å²) in [7, 11) is 0. The Morgan fingerprint density at radius 2 is 1.80 bits per heavy atom. The maximum atomic E-state index is 10.6. The van der Waals surface area contributed by atoms with Crippen molar-refractivity contribution >= 4 is 34.9 Å². The summed E-state index contributed by atoms with van der Waals surface area (Å²) in [6, 6.07) is 7.72. The van der Waals surface area contributed by atoms with Crippen LogP contribution in [-0.4, -0.2) is 28.9 Å². The minimum absolute atomic E-state index is 0.342. The van der Waals surface area contributed by atoms with E-state index in [9.17, 15) is 13.2 Å². The van der Waals surface area contributed by atoms with Crippen LogP contribution in [0.3, 0.4) is 0 Å². The van der Waals surface area contributed by atoms with Crippen molar-refractivity contribution < 1.29 is 23.1 Å². The van der Waals surface area contributed by atoms with Gasteiger partial charge in [0.1, 0.15) is 0 Å². The lowest BCUT2D eigenvalue weighted by atomic mass is 10.1. The number of carboxylic acids is 1. The van der Waals surface area contributed by atoms with E-state index in [0.29, 0.717) is 5.11 Å². The normalized spacial score (nSPS) is 10.2. The molecule has 0 radical (unpaired) electrons. The van der Waals surface area contributed by atoms with Crippen molar-refractivity contribution in [3.63, 3.8) is 0 Å². The van der Waals surface area contributed by atoms with Crippen molar-refractivity contribution in [1.29, 1.82) is 0 Å². The number of hydrogen-bond donors (Lipinski definition) is 3. The molecule has 0 atom stereocenters. The molecule has 0 unspecified atom stereocenters. The maximum Gasteiger partial charge on any atom is 0.490 e. The number of carboxylic acid groups (broad SMARTS) is 1. The molecule has 0 aromatic heterocycles.